The van der Waals surface area contributed by atoms with Gasteiger partial charge in [0.15, 0.2) is 0 Å². The van der Waals surface area contributed by atoms with Gasteiger partial charge in [-0.05, 0) is 6.07 Å². The molecular weight excluding hydrogens is 223 g/mol. The van der Waals surface area contributed by atoms with Gasteiger partial charge in [0.2, 0.25) is 5.78 Å². The van der Waals surface area contributed by atoms with Gasteiger partial charge in [-0.25, -0.2) is 9.97 Å². The number of alkyl halides is 3. The van der Waals surface area contributed by atoms with E-state index in [1.807, 2.05) is 0 Å². The average molecular weight is 229 g/mol. The van der Waals surface area contributed by atoms with Crippen molar-refractivity contribution in [3.63, 3.8) is 0 Å². The lowest BCUT2D eigenvalue weighted by Crippen LogP contribution is -2.25. The van der Waals surface area contributed by atoms with Crippen LogP contribution in [0.2, 0.25) is 0 Å². The maximum Gasteiger partial charge on any atom is 0.450 e. The summed E-state index contributed by atoms with van der Waals surface area (Å²) in [4.78, 5) is 20.9. The van der Waals surface area contributed by atoms with Crippen molar-refractivity contribution in [2.24, 2.45) is 0 Å². The normalized spacial score (nSPS) is 11.9. The first kappa shape index (κ1) is 10.6. The van der Waals surface area contributed by atoms with Crippen LogP contribution in [-0.4, -0.2) is 26.9 Å². The SMILES string of the molecule is O=C(Cc1ncc2cc[nH]c2n1)C(F)(F)F. The number of H-pyrrole nitrogens is 1. The van der Waals surface area contributed by atoms with E-state index >= 15 is 0 Å². The van der Waals surface area contributed by atoms with Crippen molar-refractivity contribution >= 4 is 16.8 Å². The quantitative estimate of drug-likeness (QED) is 0.851. The number of ketones is 1. The molecule has 0 unspecified atom stereocenters. The van der Waals surface area contributed by atoms with Gasteiger partial charge in [-0.15, -0.1) is 0 Å². The number of rotatable bonds is 2. The molecule has 0 saturated carbocycles. The summed E-state index contributed by atoms with van der Waals surface area (Å²) in [6, 6.07) is 1.69. The highest BCUT2D eigenvalue weighted by atomic mass is 19.4. The molecule has 0 fully saturated rings. The zero-order chi connectivity index (χ0) is 11.8. The van der Waals surface area contributed by atoms with E-state index in [0.717, 1.165) is 0 Å². The first-order valence-corrected chi connectivity index (χ1v) is 4.36. The van der Waals surface area contributed by atoms with Crippen molar-refractivity contribution in [1.82, 2.24) is 15.0 Å². The second kappa shape index (κ2) is 3.58. The molecule has 0 radical (unpaired) electrons. The number of nitrogens with zero attached hydrogens (tertiary/aromatic N) is 2. The van der Waals surface area contributed by atoms with Crippen molar-refractivity contribution in [3.8, 4) is 0 Å². The van der Waals surface area contributed by atoms with E-state index in [0.29, 0.717) is 11.0 Å². The van der Waals surface area contributed by atoms with Crippen LogP contribution in [0.5, 0.6) is 0 Å². The molecule has 1 N–H and O–H groups in total. The Bertz CT molecular complexity index is 532. The summed E-state index contributed by atoms with van der Waals surface area (Å²) in [5.41, 5.74) is 0.417. The van der Waals surface area contributed by atoms with Gasteiger partial charge < -0.3 is 4.98 Å². The standard InChI is InChI=1S/C9H6F3N3O/c10-9(11,12)6(16)3-7-14-4-5-1-2-13-8(5)15-7/h1-2,4H,3H2,(H,13,14,15). The van der Waals surface area contributed by atoms with E-state index in [9.17, 15) is 18.0 Å². The number of nitrogens with one attached hydrogen (secondary N) is 1. The summed E-state index contributed by atoms with van der Waals surface area (Å²) in [6.07, 6.45) is -2.71. The fourth-order valence-corrected chi connectivity index (χ4v) is 1.20. The predicted molar refractivity (Wildman–Crippen MR) is 48.7 cm³/mol. The third-order valence-corrected chi connectivity index (χ3v) is 1.98. The summed E-state index contributed by atoms with van der Waals surface area (Å²) in [5, 5.41) is 0.684. The lowest BCUT2D eigenvalue weighted by Gasteiger charge is -2.03. The second-order valence-corrected chi connectivity index (χ2v) is 3.17. The van der Waals surface area contributed by atoms with E-state index in [4.69, 9.17) is 0 Å². The molecule has 0 saturated heterocycles. The second-order valence-electron chi connectivity index (χ2n) is 3.17. The van der Waals surface area contributed by atoms with Crippen LogP contribution in [0.15, 0.2) is 18.5 Å². The average Bonchev–Trinajstić information content (AvgIpc) is 2.63. The van der Waals surface area contributed by atoms with Crippen LogP contribution in [0, 0.1) is 0 Å². The number of hydrogen-bond acceptors (Lipinski definition) is 3. The van der Waals surface area contributed by atoms with Crippen LogP contribution >= 0.6 is 0 Å². The van der Waals surface area contributed by atoms with E-state index < -0.39 is 18.4 Å². The lowest BCUT2D eigenvalue weighted by atomic mass is 10.2. The van der Waals surface area contributed by atoms with E-state index in [-0.39, 0.29) is 5.82 Å². The third-order valence-electron chi connectivity index (χ3n) is 1.98. The fourth-order valence-electron chi connectivity index (χ4n) is 1.20. The Morgan fingerprint density at radius 1 is 1.44 bits per heavy atom. The van der Waals surface area contributed by atoms with Gasteiger partial charge in [0.05, 0.1) is 6.42 Å². The fraction of sp³-hybridized carbons (Fsp3) is 0.222. The zero-order valence-electron chi connectivity index (χ0n) is 7.88. The Labute approximate surface area is 87.5 Å². The molecule has 4 nitrogen and oxygen atoms in total. The number of hydrogen-bond donors (Lipinski definition) is 1. The van der Waals surface area contributed by atoms with Gasteiger partial charge in [0.25, 0.3) is 0 Å². The Morgan fingerprint density at radius 3 is 2.88 bits per heavy atom. The van der Waals surface area contributed by atoms with Crippen LogP contribution in [0.3, 0.4) is 0 Å². The summed E-state index contributed by atoms with van der Waals surface area (Å²) >= 11 is 0. The molecule has 2 aromatic rings. The Kier molecular flexibility index (Phi) is 2.37. The van der Waals surface area contributed by atoms with Crippen molar-refractivity contribution in [3.05, 3.63) is 24.3 Å². The first-order valence-electron chi connectivity index (χ1n) is 4.36. The molecule has 16 heavy (non-hydrogen) atoms. The van der Waals surface area contributed by atoms with Crippen LogP contribution in [0.1, 0.15) is 5.82 Å². The van der Waals surface area contributed by atoms with Gasteiger partial charge in [0.1, 0.15) is 11.5 Å². The van der Waals surface area contributed by atoms with Crippen LogP contribution < -0.4 is 0 Å². The Balaban J connectivity index is 2.24. The number of fused-ring (bicyclic) bond motifs is 1. The number of aromatic amines is 1. The number of carbonyl (C=O) groups is 1. The van der Waals surface area contributed by atoms with Gasteiger partial charge in [-0.3, -0.25) is 4.79 Å². The molecule has 0 aliphatic carbocycles. The molecule has 2 heterocycles. The van der Waals surface area contributed by atoms with Crippen molar-refractivity contribution in [1.29, 1.82) is 0 Å². The topological polar surface area (TPSA) is 58.6 Å². The van der Waals surface area contributed by atoms with Crippen LogP contribution in [0.4, 0.5) is 13.2 Å². The molecule has 7 heteroatoms. The number of carbonyl (C=O) groups excluding carboxylic acids is 1. The molecule has 2 rings (SSSR count). The third kappa shape index (κ3) is 2.02. The maximum absolute atomic E-state index is 12.0. The van der Waals surface area contributed by atoms with Gasteiger partial charge in [-0.2, -0.15) is 13.2 Å². The van der Waals surface area contributed by atoms with Crippen molar-refractivity contribution in [2.75, 3.05) is 0 Å². The van der Waals surface area contributed by atoms with Crippen molar-refractivity contribution < 1.29 is 18.0 Å². The Morgan fingerprint density at radius 2 is 2.19 bits per heavy atom. The van der Waals surface area contributed by atoms with Gasteiger partial charge in [0, 0.05) is 17.8 Å². The summed E-state index contributed by atoms with van der Waals surface area (Å²) in [5.74, 6) is -1.99. The van der Waals surface area contributed by atoms with E-state index in [1.54, 1.807) is 12.3 Å². The minimum absolute atomic E-state index is 0.141. The lowest BCUT2D eigenvalue weighted by molar-refractivity contribution is -0.170. The summed E-state index contributed by atoms with van der Waals surface area (Å²) in [6.45, 7) is 0. The summed E-state index contributed by atoms with van der Waals surface area (Å²) in [7, 11) is 0. The number of Topliss-reactive ketones (excluding diaryl/α,β-unsaturated/α-hetero) is 1. The van der Waals surface area contributed by atoms with E-state index in [1.165, 1.54) is 6.20 Å². The molecule has 0 aromatic carbocycles. The van der Waals surface area contributed by atoms with E-state index in [2.05, 4.69) is 15.0 Å². The molecule has 84 valence electrons. The van der Waals surface area contributed by atoms with Gasteiger partial charge >= 0.3 is 6.18 Å². The number of halogens is 3. The summed E-state index contributed by atoms with van der Waals surface area (Å²) < 4.78 is 35.9. The highest BCUT2D eigenvalue weighted by molar-refractivity contribution is 5.85. The van der Waals surface area contributed by atoms with Crippen molar-refractivity contribution in [2.45, 2.75) is 12.6 Å². The van der Waals surface area contributed by atoms with Gasteiger partial charge in [-0.1, -0.05) is 0 Å². The zero-order valence-corrected chi connectivity index (χ0v) is 7.88. The number of aromatic nitrogens is 3. The van der Waals surface area contributed by atoms with Crippen LogP contribution in [0.25, 0.3) is 11.0 Å². The largest absolute Gasteiger partial charge is 0.450 e. The predicted octanol–water partition coefficient (Wildman–Crippen LogP) is 1.63. The minimum Gasteiger partial charge on any atom is -0.346 e. The highest BCUT2D eigenvalue weighted by Crippen LogP contribution is 2.18. The molecule has 0 atom stereocenters. The minimum atomic E-state index is -4.84. The maximum atomic E-state index is 12.0. The highest BCUT2D eigenvalue weighted by Gasteiger charge is 2.38. The molecule has 0 bridgehead atoms. The molecule has 0 aliphatic heterocycles. The smallest absolute Gasteiger partial charge is 0.346 e. The monoisotopic (exact) mass is 229 g/mol. The molecule has 0 amide bonds. The molecule has 2 aromatic heterocycles. The Hall–Kier alpha value is -1.92. The molecular formula is C9H6F3N3O. The first-order chi connectivity index (χ1) is 7.47. The molecule has 0 spiro atoms. The van der Waals surface area contributed by atoms with Crippen LogP contribution in [-0.2, 0) is 11.2 Å². The molecule has 0 aliphatic rings.